The van der Waals surface area contributed by atoms with E-state index in [4.69, 9.17) is 9.84 Å². The first kappa shape index (κ1) is 14.5. The third-order valence-corrected chi connectivity index (χ3v) is 3.72. The monoisotopic (exact) mass is 280 g/mol. The fourth-order valence-corrected chi connectivity index (χ4v) is 2.62. The highest BCUT2D eigenvalue weighted by Crippen LogP contribution is 2.40. The largest absolute Gasteiger partial charge is 0.513 e. The zero-order valence-corrected chi connectivity index (χ0v) is 11.4. The zero-order chi connectivity index (χ0) is 14.9. The second kappa shape index (κ2) is 5.58. The standard InChI is InChI=1S/C14H16O6/c1-7-5-19-6-12(15)8(2)11-4-9(3-10(7)11)13(16)20-14(17)18/h9H,3-6H2,1-2H3,(H,17,18). The molecule has 6 heteroatoms. The molecule has 0 spiro atoms. The highest BCUT2D eigenvalue weighted by molar-refractivity contribution is 5.98. The number of rotatable bonds is 1. The van der Waals surface area contributed by atoms with Crippen molar-refractivity contribution < 1.29 is 29.0 Å². The van der Waals surface area contributed by atoms with Crippen molar-refractivity contribution in [1.82, 2.24) is 0 Å². The minimum atomic E-state index is -1.60. The molecule has 1 atom stereocenters. The molecule has 2 rings (SSSR count). The van der Waals surface area contributed by atoms with Crippen LogP contribution in [0.1, 0.15) is 26.7 Å². The molecule has 1 saturated carbocycles. The minimum Gasteiger partial charge on any atom is -0.449 e. The minimum absolute atomic E-state index is 0.0319. The van der Waals surface area contributed by atoms with Gasteiger partial charge >= 0.3 is 12.1 Å². The van der Waals surface area contributed by atoms with Gasteiger partial charge in [0.05, 0.1) is 12.5 Å². The van der Waals surface area contributed by atoms with Crippen LogP contribution >= 0.6 is 0 Å². The van der Waals surface area contributed by atoms with Gasteiger partial charge in [-0.1, -0.05) is 0 Å². The van der Waals surface area contributed by atoms with Crippen LogP contribution in [0.5, 0.6) is 0 Å². The van der Waals surface area contributed by atoms with Crippen molar-refractivity contribution >= 4 is 17.9 Å². The van der Waals surface area contributed by atoms with Crippen molar-refractivity contribution in [3.63, 3.8) is 0 Å². The van der Waals surface area contributed by atoms with Crippen molar-refractivity contribution in [3.05, 3.63) is 22.3 Å². The molecule has 0 aromatic heterocycles. The Labute approximate surface area is 116 Å². The summed E-state index contributed by atoms with van der Waals surface area (Å²) in [6, 6.07) is 0. The molecule has 1 aliphatic carbocycles. The fraction of sp³-hybridized carbons (Fsp3) is 0.500. The summed E-state index contributed by atoms with van der Waals surface area (Å²) in [7, 11) is 0. The average molecular weight is 280 g/mol. The third kappa shape index (κ3) is 2.80. The van der Waals surface area contributed by atoms with Crippen LogP contribution in [0.15, 0.2) is 22.3 Å². The van der Waals surface area contributed by atoms with Crippen LogP contribution in [0.2, 0.25) is 0 Å². The number of ether oxygens (including phenoxy) is 2. The summed E-state index contributed by atoms with van der Waals surface area (Å²) in [4.78, 5) is 34.0. The van der Waals surface area contributed by atoms with Gasteiger partial charge < -0.3 is 14.6 Å². The van der Waals surface area contributed by atoms with Gasteiger partial charge in [0.25, 0.3) is 0 Å². The molecule has 0 bridgehead atoms. The summed E-state index contributed by atoms with van der Waals surface area (Å²) >= 11 is 0. The van der Waals surface area contributed by atoms with E-state index >= 15 is 0 Å². The average Bonchev–Trinajstić information content (AvgIpc) is 2.80. The Bertz CT molecular complexity index is 540. The highest BCUT2D eigenvalue weighted by Gasteiger charge is 2.35. The molecule has 0 saturated heterocycles. The number of carbonyl (C=O) groups is 3. The van der Waals surface area contributed by atoms with Gasteiger partial charge in [0.15, 0.2) is 5.78 Å². The van der Waals surface area contributed by atoms with Crippen LogP contribution < -0.4 is 0 Å². The quantitative estimate of drug-likeness (QED) is 0.582. The topological polar surface area (TPSA) is 89.9 Å². The van der Waals surface area contributed by atoms with Crippen LogP contribution in [-0.4, -0.2) is 36.2 Å². The first-order chi connectivity index (χ1) is 9.40. The molecule has 1 fully saturated rings. The second-order valence-corrected chi connectivity index (χ2v) is 5.07. The van der Waals surface area contributed by atoms with Crippen LogP contribution in [0, 0.1) is 5.92 Å². The SMILES string of the molecule is CC1=C2CC(C(=O)OC(=O)O)CC2=C(C)C(=O)COC1. The lowest BCUT2D eigenvalue weighted by Crippen LogP contribution is -2.18. The van der Waals surface area contributed by atoms with E-state index in [9.17, 15) is 14.4 Å². The highest BCUT2D eigenvalue weighted by atomic mass is 16.7. The maximum atomic E-state index is 11.9. The van der Waals surface area contributed by atoms with E-state index in [-0.39, 0.29) is 12.4 Å². The molecule has 0 aromatic rings. The van der Waals surface area contributed by atoms with Crippen molar-refractivity contribution in [2.24, 2.45) is 5.92 Å². The van der Waals surface area contributed by atoms with Crippen LogP contribution in [0.25, 0.3) is 0 Å². The molecular weight excluding hydrogens is 264 g/mol. The van der Waals surface area contributed by atoms with E-state index in [1.54, 1.807) is 6.92 Å². The molecular formula is C14H16O6. The molecule has 6 nitrogen and oxygen atoms in total. The van der Waals surface area contributed by atoms with Crippen molar-refractivity contribution in [2.75, 3.05) is 13.2 Å². The van der Waals surface area contributed by atoms with Crippen molar-refractivity contribution in [2.45, 2.75) is 26.7 Å². The predicted octanol–water partition coefficient (Wildman–Crippen LogP) is 1.85. The molecule has 20 heavy (non-hydrogen) atoms. The van der Waals surface area contributed by atoms with Gasteiger partial charge in [-0.15, -0.1) is 0 Å². The van der Waals surface area contributed by atoms with Crippen molar-refractivity contribution in [3.8, 4) is 0 Å². The Hall–Kier alpha value is -1.95. The summed E-state index contributed by atoms with van der Waals surface area (Å²) in [5.74, 6) is -1.41. The van der Waals surface area contributed by atoms with E-state index in [0.717, 1.165) is 16.7 Å². The number of allylic oxidation sites excluding steroid dienone is 2. The lowest BCUT2D eigenvalue weighted by molar-refractivity contribution is -0.143. The summed E-state index contributed by atoms with van der Waals surface area (Å²) in [6.07, 6.45) is -0.868. The zero-order valence-electron chi connectivity index (χ0n) is 11.4. The molecule has 1 N–H and O–H groups in total. The number of fused-ring (bicyclic) bond motifs is 1. The van der Waals surface area contributed by atoms with Crippen LogP contribution in [0.4, 0.5) is 4.79 Å². The predicted molar refractivity (Wildman–Crippen MR) is 68.1 cm³/mol. The van der Waals surface area contributed by atoms with E-state index in [2.05, 4.69) is 4.74 Å². The molecule has 0 aromatic carbocycles. The number of esters is 1. The molecule has 2 aliphatic rings. The Morgan fingerprint density at radius 2 is 1.85 bits per heavy atom. The lowest BCUT2D eigenvalue weighted by Gasteiger charge is -2.15. The molecule has 0 radical (unpaired) electrons. The number of carbonyl (C=O) groups excluding carboxylic acids is 2. The number of ketones is 1. The van der Waals surface area contributed by atoms with Gasteiger partial charge in [-0.2, -0.15) is 0 Å². The lowest BCUT2D eigenvalue weighted by atomic mass is 9.97. The molecule has 108 valence electrons. The molecule has 1 unspecified atom stereocenters. The van der Waals surface area contributed by atoms with Gasteiger partial charge in [-0.05, 0) is 49.0 Å². The summed E-state index contributed by atoms with van der Waals surface area (Å²) in [5, 5.41) is 8.50. The van der Waals surface area contributed by atoms with E-state index in [1.165, 1.54) is 0 Å². The Morgan fingerprint density at radius 3 is 2.50 bits per heavy atom. The van der Waals surface area contributed by atoms with Gasteiger partial charge in [-0.25, -0.2) is 4.79 Å². The van der Waals surface area contributed by atoms with Gasteiger partial charge in [0, 0.05) is 0 Å². The van der Waals surface area contributed by atoms with Gasteiger partial charge in [0.2, 0.25) is 0 Å². The van der Waals surface area contributed by atoms with Crippen molar-refractivity contribution in [1.29, 1.82) is 0 Å². The maximum Gasteiger partial charge on any atom is 0.513 e. The smallest absolute Gasteiger partial charge is 0.449 e. The van der Waals surface area contributed by atoms with Gasteiger partial charge in [-0.3, -0.25) is 9.59 Å². The van der Waals surface area contributed by atoms with E-state index in [0.29, 0.717) is 25.0 Å². The molecule has 1 aliphatic heterocycles. The summed E-state index contributed by atoms with van der Waals surface area (Å²) in [5.41, 5.74) is 3.31. The Balaban J connectivity index is 2.32. The second-order valence-electron chi connectivity index (χ2n) is 5.07. The van der Waals surface area contributed by atoms with Crippen LogP contribution in [0.3, 0.4) is 0 Å². The third-order valence-electron chi connectivity index (χ3n) is 3.72. The van der Waals surface area contributed by atoms with Crippen LogP contribution in [-0.2, 0) is 19.1 Å². The first-order valence-electron chi connectivity index (χ1n) is 6.34. The van der Waals surface area contributed by atoms with E-state index < -0.39 is 18.0 Å². The fourth-order valence-electron chi connectivity index (χ4n) is 2.62. The molecule has 0 amide bonds. The molecule has 1 heterocycles. The van der Waals surface area contributed by atoms with Gasteiger partial charge in [0.1, 0.15) is 6.61 Å². The number of hydrogen-bond donors (Lipinski definition) is 1. The number of Topliss-reactive ketones (excluding diaryl/α,β-unsaturated/α-hetero) is 1. The summed E-state index contributed by atoms with van der Waals surface area (Å²) in [6.45, 7) is 3.98. The summed E-state index contributed by atoms with van der Waals surface area (Å²) < 4.78 is 9.50. The normalized spacial score (nSPS) is 23.3. The Morgan fingerprint density at radius 1 is 1.20 bits per heavy atom. The van der Waals surface area contributed by atoms with E-state index in [1.807, 2.05) is 6.92 Å². The maximum absolute atomic E-state index is 11.9. The Kier molecular flexibility index (Phi) is 4.04. The number of hydrogen-bond acceptors (Lipinski definition) is 5. The first-order valence-corrected chi connectivity index (χ1v) is 6.34. The number of carboxylic acid groups (broad SMARTS) is 1.